The Morgan fingerprint density at radius 2 is 0.778 bits per heavy atom. The summed E-state index contributed by atoms with van der Waals surface area (Å²) in [5.74, 6) is 0. The zero-order valence-electron chi connectivity index (χ0n) is 5.72. The van der Waals surface area contributed by atoms with Crippen LogP contribution in [0.2, 0.25) is 0 Å². The summed E-state index contributed by atoms with van der Waals surface area (Å²) in [7, 11) is 0. The SMILES string of the molecule is [CH-]1CC[CH-]CC1.[Y].[Y].[Y]. The maximum absolute atomic E-state index is 2.36. The van der Waals surface area contributed by atoms with Gasteiger partial charge in [0.15, 0.2) is 0 Å². The van der Waals surface area contributed by atoms with Gasteiger partial charge in [-0.3, -0.25) is 0 Å². The Kier molecular flexibility index (Phi) is 28.0. The van der Waals surface area contributed by atoms with Crippen molar-refractivity contribution in [2.75, 3.05) is 0 Å². The Hall–Kier alpha value is 3.31. The van der Waals surface area contributed by atoms with Crippen LogP contribution >= 0.6 is 0 Å². The summed E-state index contributed by atoms with van der Waals surface area (Å²) in [6, 6.07) is 0. The van der Waals surface area contributed by atoms with E-state index in [-0.39, 0.29) is 98.1 Å². The average Bonchev–Trinajstić information content (AvgIpc) is 1.72. The molecule has 0 amide bonds. The van der Waals surface area contributed by atoms with Gasteiger partial charge >= 0.3 is 0 Å². The number of rotatable bonds is 0. The van der Waals surface area contributed by atoms with Crippen LogP contribution in [0.1, 0.15) is 25.7 Å². The van der Waals surface area contributed by atoms with Crippen molar-refractivity contribution in [1.82, 2.24) is 0 Å². The predicted molar refractivity (Wildman–Crippen MR) is 27.1 cm³/mol. The van der Waals surface area contributed by atoms with Crippen molar-refractivity contribution < 1.29 is 98.1 Å². The molecule has 1 aliphatic carbocycles. The fourth-order valence-corrected chi connectivity index (χ4v) is 0.760. The molecule has 1 fully saturated rings. The van der Waals surface area contributed by atoms with Crippen molar-refractivity contribution in [1.29, 1.82) is 0 Å². The van der Waals surface area contributed by atoms with Crippen LogP contribution in [0.25, 0.3) is 0 Å². The Morgan fingerprint density at radius 1 is 0.556 bits per heavy atom. The van der Waals surface area contributed by atoms with E-state index >= 15 is 0 Å². The molecule has 1 aliphatic rings. The smallest absolute Gasteiger partial charge is 0 e. The van der Waals surface area contributed by atoms with Gasteiger partial charge < -0.3 is 12.8 Å². The Balaban J connectivity index is -0.000000120. The Labute approximate surface area is 134 Å². The molecule has 0 heterocycles. The number of hydrogen-bond donors (Lipinski definition) is 0. The van der Waals surface area contributed by atoms with E-state index in [2.05, 4.69) is 12.8 Å². The summed E-state index contributed by atoms with van der Waals surface area (Å²) in [6.45, 7) is 0. The average molecular weight is 349 g/mol. The van der Waals surface area contributed by atoms with Gasteiger partial charge in [0.2, 0.25) is 0 Å². The monoisotopic (exact) mass is 349 g/mol. The van der Waals surface area contributed by atoms with E-state index in [1.165, 1.54) is 25.7 Å². The molecule has 0 N–H and O–H groups in total. The van der Waals surface area contributed by atoms with Gasteiger partial charge in [-0.15, -0.1) is 0 Å². The molecule has 0 nitrogen and oxygen atoms in total. The summed E-state index contributed by atoms with van der Waals surface area (Å²) in [5, 5.41) is 0. The molecule has 0 saturated heterocycles. The number of hydrogen-bond acceptors (Lipinski definition) is 0. The second-order valence-electron chi connectivity index (χ2n) is 1.73. The molecule has 0 aromatic carbocycles. The normalized spacial score (nSPS) is 16.0. The molecule has 45 valence electrons. The molecular weight excluding hydrogens is 339 g/mol. The minimum atomic E-state index is 0. The fourth-order valence-electron chi connectivity index (χ4n) is 0.760. The molecular formula is C6H10Y3-2. The summed E-state index contributed by atoms with van der Waals surface area (Å²) < 4.78 is 0. The third kappa shape index (κ3) is 11.3. The van der Waals surface area contributed by atoms with Crippen LogP contribution in [-0.4, -0.2) is 0 Å². The van der Waals surface area contributed by atoms with E-state index in [1.807, 2.05) is 0 Å². The van der Waals surface area contributed by atoms with Crippen molar-refractivity contribution >= 4 is 0 Å². The first-order valence-corrected chi connectivity index (χ1v) is 2.63. The van der Waals surface area contributed by atoms with Gasteiger partial charge in [-0.25, -0.2) is 25.7 Å². The van der Waals surface area contributed by atoms with Gasteiger partial charge in [-0.2, -0.15) is 0 Å². The third-order valence-corrected chi connectivity index (χ3v) is 1.15. The van der Waals surface area contributed by atoms with Crippen molar-refractivity contribution in [3.63, 3.8) is 0 Å². The first kappa shape index (κ1) is 18.2. The van der Waals surface area contributed by atoms with Gasteiger partial charge in [-0.1, -0.05) is 0 Å². The third-order valence-electron chi connectivity index (χ3n) is 1.15. The molecule has 3 radical (unpaired) electrons. The second kappa shape index (κ2) is 13.9. The zero-order chi connectivity index (χ0) is 4.24. The minimum Gasteiger partial charge on any atom is -0.333 e. The van der Waals surface area contributed by atoms with E-state index in [4.69, 9.17) is 0 Å². The van der Waals surface area contributed by atoms with Crippen molar-refractivity contribution in [3.8, 4) is 0 Å². The van der Waals surface area contributed by atoms with E-state index in [0.717, 1.165) is 0 Å². The molecule has 0 unspecified atom stereocenters. The van der Waals surface area contributed by atoms with Crippen LogP contribution in [0.15, 0.2) is 0 Å². The Morgan fingerprint density at radius 3 is 0.889 bits per heavy atom. The van der Waals surface area contributed by atoms with Crippen LogP contribution in [-0.2, 0) is 98.1 Å². The van der Waals surface area contributed by atoms with Crippen LogP contribution in [0.5, 0.6) is 0 Å². The molecule has 0 aromatic heterocycles. The summed E-state index contributed by atoms with van der Waals surface area (Å²) in [6.07, 6.45) is 10.0. The molecule has 0 spiro atoms. The topological polar surface area (TPSA) is 0 Å². The second-order valence-corrected chi connectivity index (χ2v) is 1.73. The van der Waals surface area contributed by atoms with E-state index in [1.54, 1.807) is 0 Å². The standard InChI is InChI=1S/C6H10.3Y/c1-2-4-6-5-3-1;;;/h1,6H,2-5H2;;;/q-2;;;. The summed E-state index contributed by atoms with van der Waals surface area (Å²) in [4.78, 5) is 0. The first-order valence-electron chi connectivity index (χ1n) is 2.63. The van der Waals surface area contributed by atoms with Crippen LogP contribution in [0, 0.1) is 12.8 Å². The van der Waals surface area contributed by atoms with Crippen molar-refractivity contribution in [2.45, 2.75) is 25.7 Å². The van der Waals surface area contributed by atoms with Gasteiger partial charge in [0, 0.05) is 98.1 Å². The van der Waals surface area contributed by atoms with E-state index < -0.39 is 0 Å². The van der Waals surface area contributed by atoms with E-state index in [9.17, 15) is 0 Å². The van der Waals surface area contributed by atoms with Gasteiger partial charge in [-0.05, 0) is 0 Å². The molecule has 0 aliphatic heterocycles. The molecule has 3 heteroatoms. The molecule has 0 aromatic rings. The largest absolute Gasteiger partial charge is 0.333 e. The molecule has 1 saturated carbocycles. The van der Waals surface area contributed by atoms with Gasteiger partial charge in [0.1, 0.15) is 0 Å². The van der Waals surface area contributed by atoms with Gasteiger partial charge in [0.25, 0.3) is 0 Å². The van der Waals surface area contributed by atoms with Crippen LogP contribution in [0.4, 0.5) is 0 Å². The maximum Gasteiger partial charge on any atom is 0 e. The summed E-state index contributed by atoms with van der Waals surface area (Å²) >= 11 is 0. The van der Waals surface area contributed by atoms with Gasteiger partial charge in [0.05, 0.1) is 0 Å². The van der Waals surface area contributed by atoms with Crippen LogP contribution in [0.3, 0.4) is 0 Å². The first-order chi connectivity index (χ1) is 3.00. The van der Waals surface area contributed by atoms with Crippen LogP contribution < -0.4 is 0 Å². The summed E-state index contributed by atoms with van der Waals surface area (Å²) in [5.41, 5.74) is 0. The minimum absolute atomic E-state index is 0. The van der Waals surface area contributed by atoms with E-state index in [0.29, 0.717) is 0 Å². The fraction of sp³-hybridized carbons (Fsp3) is 0.667. The zero-order valence-corrected chi connectivity index (χ0v) is 14.2. The quantitative estimate of drug-likeness (QED) is 0.587. The predicted octanol–water partition coefficient (Wildman–Crippen LogP) is 1.96. The molecule has 1 rings (SSSR count). The van der Waals surface area contributed by atoms with Crippen molar-refractivity contribution in [3.05, 3.63) is 12.8 Å². The molecule has 0 atom stereocenters. The molecule has 0 bridgehead atoms. The molecule has 9 heavy (non-hydrogen) atoms. The maximum atomic E-state index is 2.36. The Bertz CT molecular complexity index is 23.8. The van der Waals surface area contributed by atoms with Crippen molar-refractivity contribution in [2.24, 2.45) is 0 Å².